The minimum Gasteiger partial charge on any atom is -0.352 e. The molecule has 3 aromatic carbocycles. The fourth-order valence-electron chi connectivity index (χ4n) is 5.63. The Kier molecular flexibility index (Phi) is 9.60. The molecule has 0 radical (unpaired) electrons. The Labute approximate surface area is 284 Å². The zero-order valence-corrected chi connectivity index (χ0v) is 27.1. The van der Waals surface area contributed by atoms with Gasteiger partial charge in [-0.25, -0.2) is 4.98 Å². The minimum absolute atomic E-state index is 0.0316. The normalized spacial score (nSPS) is 14.3. The van der Waals surface area contributed by atoms with E-state index >= 15 is 0 Å². The summed E-state index contributed by atoms with van der Waals surface area (Å²) in [5.41, 5.74) is 2.19. The maximum absolute atomic E-state index is 14.1. The smallest absolute Gasteiger partial charge is 0.352 e. The highest BCUT2D eigenvalue weighted by Crippen LogP contribution is 2.35. The van der Waals surface area contributed by atoms with Gasteiger partial charge in [-0.2, -0.15) is 26.3 Å². The molecule has 1 aliphatic rings. The molecule has 1 fully saturated rings. The number of fused-ring (bicyclic) bond motifs is 1. The number of carbonyl (C=O) groups is 1. The number of nitrogens with one attached hydrogen (secondary N) is 2. The molecule has 2 aromatic heterocycles. The van der Waals surface area contributed by atoms with Crippen LogP contribution in [0.15, 0.2) is 85.2 Å². The van der Waals surface area contributed by atoms with Crippen molar-refractivity contribution in [3.63, 3.8) is 0 Å². The van der Waals surface area contributed by atoms with E-state index in [9.17, 15) is 31.1 Å². The predicted molar refractivity (Wildman–Crippen MR) is 179 cm³/mol. The van der Waals surface area contributed by atoms with Crippen LogP contribution in [0.4, 0.5) is 43.4 Å². The van der Waals surface area contributed by atoms with Gasteiger partial charge in [0.25, 0.3) is 5.91 Å². The quantitative estimate of drug-likeness (QED) is 0.141. The zero-order chi connectivity index (χ0) is 35.6. The van der Waals surface area contributed by atoms with E-state index < -0.39 is 29.4 Å². The van der Waals surface area contributed by atoms with Crippen LogP contribution in [0.5, 0.6) is 0 Å². The van der Waals surface area contributed by atoms with Crippen molar-refractivity contribution < 1.29 is 31.1 Å². The monoisotopic (exact) mass is 690 g/mol. The van der Waals surface area contributed by atoms with Gasteiger partial charge >= 0.3 is 12.4 Å². The first kappa shape index (κ1) is 34.5. The second-order valence-corrected chi connectivity index (χ2v) is 12.1. The number of rotatable bonds is 6. The molecule has 0 saturated carbocycles. The summed E-state index contributed by atoms with van der Waals surface area (Å²) >= 11 is 0. The van der Waals surface area contributed by atoms with Crippen molar-refractivity contribution in [3.05, 3.63) is 124 Å². The van der Waals surface area contributed by atoms with Gasteiger partial charge in [-0.15, -0.1) is 0 Å². The summed E-state index contributed by atoms with van der Waals surface area (Å²) in [5, 5.41) is 5.69. The van der Waals surface area contributed by atoms with Gasteiger partial charge in [0.1, 0.15) is 5.69 Å². The summed E-state index contributed by atoms with van der Waals surface area (Å²) < 4.78 is 82.8. The lowest BCUT2D eigenvalue weighted by Crippen LogP contribution is -2.44. The van der Waals surface area contributed by atoms with Crippen LogP contribution in [0.1, 0.15) is 43.9 Å². The van der Waals surface area contributed by atoms with Gasteiger partial charge in [-0.1, -0.05) is 18.1 Å². The standard InChI is InChI=1S/C37H32F6N6O/c1-24-5-6-26(35(50)46-30-11-7-27(32(21-30)37(41,42)43)23-48-18-16-47(2)17-19-48)20-25(24)8-14-31-22-44-34-33(4-3-15-49(31)34)45-29-12-9-28(10-13-29)36(38,39)40/h3-7,9-13,15,20-22,45H,16-19,23H2,1-2H3,(H,46,50). The fourth-order valence-corrected chi connectivity index (χ4v) is 5.63. The number of amides is 1. The number of imidazole rings is 1. The van der Waals surface area contributed by atoms with Crippen LogP contribution in [0.2, 0.25) is 0 Å². The van der Waals surface area contributed by atoms with E-state index in [1.165, 1.54) is 24.3 Å². The third-order valence-electron chi connectivity index (χ3n) is 8.51. The SMILES string of the molecule is Cc1ccc(C(=O)Nc2ccc(CN3CCN(C)CC3)c(C(F)(F)F)c2)cc1C#Cc1cnc2c(Nc3ccc(C(F)(F)F)cc3)cccn12. The molecule has 7 nitrogen and oxygen atoms in total. The Morgan fingerprint density at radius 3 is 2.28 bits per heavy atom. The van der Waals surface area contributed by atoms with Crippen LogP contribution in [0.25, 0.3) is 5.65 Å². The Morgan fingerprint density at radius 1 is 0.860 bits per heavy atom. The van der Waals surface area contributed by atoms with Gasteiger partial charge < -0.3 is 15.5 Å². The Bertz CT molecular complexity index is 2080. The summed E-state index contributed by atoms with van der Waals surface area (Å²) in [6.45, 7) is 4.90. The van der Waals surface area contributed by atoms with Crippen LogP contribution >= 0.6 is 0 Å². The van der Waals surface area contributed by atoms with E-state index in [1.807, 2.05) is 18.9 Å². The van der Waals surface area contributed by atoms with Gasteiger partial charge in [0, 0.05) is 61.4 Å². The van der Waals surface area contributed by atoms with E-state index in [-0.39, 0.29) is 23.4 Å². The number of anilines is 3. The number of aryl methyl sites for hydroxylation is 1. The van der Waals surface area contributed by atoms with Crippen molar-refractivity contribution in [2.24, 2.45) is 0 Å². The molecule has 5 aromatic rings. The van der Waals surface area contributed by atoms with Crippen molar-refractivity contribution in [2.75, 3.05) is 43.9 Å². The Morgan fingerprint density at radius 2 is 1.58 bits per heavy atom. The highest BCUT2D eigenvalue weighted by atomic mass is 19.4. The average Bonchev–Trinajstić information content (AvgIpc) is 3.49. The molecule has 6 rings (SSSR count). The number of pyridine rings is 1. The molecular weight excluding hydrogens is 658 g/mol. The molecule has 0 aliphatic carbocycles. The van der Waals surface area contributed by atoms with Crippen LogP contribution in [0.3, 0.4) is 0 Å². The fraction of sp³-hybridized carbons (Fsp3) is 0.243. The minimum atomic E-state index is -4.59. The molecule has 258 valence electrons. The number of benzene rings is 3. The Hall–Kier alpha value is -5.32. The number of halogens is 6. The van der Waals surface area contributed by atoms with Crippen molar-refractivity contribution in [1.29, 1.82) is 0 Å². The van der Waals surface area contributed by atoms with E-state index in [2.05, 4.69) is 32.4 Å². The number of carbonyl (C=O) groups excluding carboxylic acids is 1. The van der Waals surface area contributed by atoms with Gasteiger partial charge in [-0.3, -0.25) is 14.1 Å². The number of aromatic nitrogens is 2. The van der Waals surface area contributed by atoms with Crippen LogP contribution in [0, 0.1) is 18.8 Å². The maximum atomic E-state index is 14.1. The van der Waals surface area contributed by atoms with Crippen molar-refractivity contribution >= 4 is 28.6 Å². The molecular formula is C37H32F6N6O. The first-order chi connectivity index (χ1) is 23.7. The van der Waals surface area contributed by atoms with Gasteiger partial charge in [0.2, 0.25) is 0 Å². The van der Waals surface area contributed by atoms with E-state index in [4.69, 9.17) is 0 Å². The van der Waals surface area contributed by atoms with E-state index in [0.29, 0.717) is 41.4 Å². The van der Waals surface area contributed by atoms with E-state index in [0.717, 1.165) is 36.9 Å². The number of hydrogen-bond donors (Lipinski definition) is 2. The summed E-state index contributed by atoms with van der Waals surface area (Å²) in [7, 11) is 1.98. The van der Waals surface area contributed by atoms with Gasteiger partial charge in [0.05, 0.1) is 23.0 Å². The molecule has 1 saturated heterocycles. The number of nitrogens with zero attached hydrogens (tertiary/aromatic N) is 4. The lowest BCUT2D eigenvalue weighted by molar-refractivity contribution is -0.139. The molecule has 1 aliphatic heterocycles. The highest BCUT2D eigenvalue weighted by molar-refractivity contribution is 6.04. The molecule has 0 spiro atoms. The van der Waals surface area contributed by atoms with E-state index in [1.54, 1.807) is 47.1 Å². The molecule has 0 bridgehead atoms. The van der Waals surface area contributed by atoms with Crippen molar-refractivity contribution in [1.82, 2.24) is 19.2 Å². The lowest BCUT2D eigenvalue weighted by Gasteiger charge is -2.33. The second-order valence-electron chi connectivity index (χ2n) is 12.1. The zero-order valence-electron chi connectivity index (χ0n) is 27.1. The van der Waals surface area contributed by atoms with Crippen molar-refractivity contribution in [2.45, 2.75) is 25.8 Å². The topological polar surface area (TPSA) is 64.9 Å². The maximum Gasteiger partial charge on any atom is 0.416 e. The average molecular weight is 691 g/mol. The van der Waals surface area contributed by atoms with Crippen LogP contribution in [-0.2, 0) is 18.9 Å². The highest BCUT2D eigenvalue weighted by Gasteiger charge is 2.34. The van der Waals surface area contributed by atoms with Crippen molar-refractivity contribution in [3.8, 4) is 11.8 Å². The molecule has 13 heteroatoms. The molecule has 0 atom stereocenters. The number of piperazine rings is 1. The predicted octanol–water partition coefficient (Wildman–Crippen LogP) is 7.82. The largest absolute Gasteiger partial charge is 0.416 e. The number of likely N-dealkylation sites (N-methyl/N-ethyl adjacent to an activating group) is 1. The third-order valence-corrected chi connectivity index (χ3v) is 8.51. The lowest BCUT2D eigenvalue weighted by atomic mass is 10.0. The molecule has 2 N–H and O–H groups in total. The molecule has 50 heavy (non-hydrogen) atoms. The summed E-state index contributed by atoms with van der Waals surface area (Å²) in [6, 6.07) is 16.9. The molecule has 0 unspecified atom stereocenters. The summed E-state index contributed by atoms with van der Waals surface area (Å²) in [5.74, 6) is 5.53. The first-order valence-electron chi connectivity index (χ1n) is 15.7. The van der Waals surface area contributed by atoms with Gasteiger partial charge in [-0.05, 0) is 91.7 Å². The summed E-state index contributed by atoms with van der Waals surface area (Å²) in [4.78, 5) is 21.8. The van der Waals surface area contributed by atoms with Gasteiger partial charge in [0.15, 0.2) is 5.65 Å². The second kappa shape index (κ2) is 13.9. The van der Waals surface area contributed by atoms with Crippen LogP contribution < -0.4 is 10.6 Å². The number of hydrogen-bond acceptors (Lipinski definition) is 5. The van der Waals surface area contributed by atoms with Crippen LogP contribution in [-0.4, -0.2) is 58.3 Å². The third kappa shape index (κ3) is 7.93. The first-order valence-corrected chi connectivity index (χ1v) is 15.7. The summed E-state index contributed by atoms with van der Waals surface area (Å²) in [6.07, 6.45) is -5.73. The molecule has 1 amide bonds. The number of alkyl halides is 6. The Balaban J connectivity index is 1.19. The molecule has 3 heterocycles.